The van der Waals surface area contributed by atoms with Gasteiger partial charge in [0.25, 0.3) is 0 Å². The zero-order valence-electron chi connectivity index (χ0n) is 11.9. The van der Waals surface area contributed by atoms with Crippen LogP contribution >= 0.6 is 0 Å². The fourth-order valence-corrected chi connectivity index (χ4v) is 2.39. The van der Waals surface area contributed by atoms with Gasteiger partial charge in [0, 0.05) is 6.04 Å². The molecule has 3 heteroatoms. The zero-order valence-corrected chi connectivity index (χ0v) is 11.9. The van der Waals surface area contributed by atoms with Gasteiger partial charge in [-0.15, -0.1) is 0 Å². The Bertz CT molecular complexity index is 474. The van der Waals surface area contributed by atoms with E-state index in [0.29, 0.717) is 0 Å². The molecule has 0 amide bonds. The average molecular weight is 246 g/mol. The molecule has 1 aromatic carbocycles. The number of hydrogen-bond acceptors (Lipinski definition) is 3. The Morgan fingerprint density at radius 3 is 2.39 bits per heavy atom. The van der Waals surface area contributed by atoms with Gasteiger partial charge >= 0.3 is 0 Å². The lowest BCUT2D eigenvalue weighted by atomic mass is 9.87. The highest BCUT2D eigenvalue weighted by atomic mass is 16.5. The second-order valence-corrected chi connectivity index (χ2v) is 4.74. The van der Waals surface area contributed by atoms with E-state index in [2.05, 4.69) is 6.07 Å². The number of aryl methyl sites for hydroxylation is 1. The van der Waals surface area contributed by atoms with Crippen molar-refractivity contribution in [2.75, 3.05) is 7.11 Å². The maximum atomic E-state index is 9.13. The monoisotopic (exact) mass is 246 g/mol. The van der Waals surface area contributed by atoms with Gasteiger partial charge in [-0.25, -0.2) is 0 Å². The topological polar surface area (TPSA) is 59.0 Å². The summed E-state index contributed by atoms with van der Waals surface area (Å²) in [6.07, 6.45) is 0.765. The smallest absolute Gasteiger partial charge is 0.124 e. The van der Waals surface area contributed by atoms with Crippen LogP contribution in [0.1, 0.15) is 41.6 Å². The largest absolute Gasteiger partial charge is 0.496 e. The Balaban J connectivity index is 3.31. The maximum Gasteiger partial charge on any atom is 0.124 e. The number of benzene rings is 1. The van der Waals surface area contributed by atoms with Crippen molar-refractivity contribution < 1.29 is 4.74 Å². The van der Waals surface area contributed by atoms with Gasteiger partial charge in [0.1, 0.15) is 5.75 Å². The average Bonchev–Trinajstić information content (AvgIpc) is 2.35. The van der Waals surface area contributed by atoms with Crippen LogP contribution in [0.5, 0.6) is 5.75 Å². The van der Waals surface area contributed by atoms with Crippen molar-refractivity contribution in [1.29, 1.82) is 5.26 Å². The summed E-state index contributed by atoms with van der Waals surface area (Å²) in [6.45, 7) is 8.07. The summed E-state index contributed by atoms with van der Waals surface area (Å²) in [7, 11) is 1.68. The van der Waals surface area contributed by atoms with Gasteiger partial charge in [-0.2, -0.15) is 5.26 Å². The van der Waals surface area contributed by atoms with Gasteiger partial charge < -0.3 is 10.5 Å². The molecule has 2 atom stereocenters. The standard InChI is InChI=1S/C15H22N2O/c1-6-12(8-16)14(17)13-7-9(2)15(18-5)11(4)10(13)3/h7,12,14H,6,17H2,1-5H3. The molecule has 0 bridgehead atoms. The number of nitriles is 1. The summed E-state index contributed by atoms with van der Waals surface area (Å²) in [4.78, 5) is 0. The molecule has 1 rings (SSSR count). The molecule has 0 heterocycles. The highest BCUT2D eigenvalue weighted by molar-refractivity contribution is 5.50. The van der Waals surface area contributed by atoms with E-state index in [4.69, 9.17) is 15.7 Å². The van der Waals surface area contributed by atoms with E-state index in [0.717, 1.165) is 34.4 Å². The summed E-state index contributed by atoms with van der Waals surface area (Å²) in [5.74, 6) is 0.768. The molecular weight excluding hydrogens is 224 g/mol. The third-order valence-corrected chi connectivity index (χ3v) is 3.67. The molecule has 0 aliphatic heterocycles. The summed E-state index contributed by atoms with van der Waals surface area (Å²) >= 11 is 0. The van der Waals surface area contributed by atoms with Gasteiger partial charge in [0.15, 0.2) is 0 Å². The summed E-state index contributed by atoms with van der Waals surface area (Å²) < 4.78 is 5.40. The van der Waals surface area contributed by atoms with Crippen molar-refractivity contribution in [3.63, 3.8) is 0 Å². The lowest BCUT2D eigenvalue weighted by Gasteiger charge is -2.22. The highest BCUT2D eigenvalue weighted by Crippen LogP contribution is 2.33. The van der Waals surface area contributed by atoms with E-state index in [1.165, 1.54) is 0 Å². The summed E-state index contributed by atoms with van der Waals surface area (Å²) in [6, 6.07) is 4.10. The molecule has 0 aromatic heterocycles. The Hall–Kier alpha value is -1.53. The first kappa shape index (κ1) is 14.5. The third-order valence-electron chi connectivity index (χ3n) is 3.67. The molecule has 3 nitrogen and oxygen atoms in total. The van der Waals surface area contributed by atoms with Crippen LogP contribution < -0.4 is 10.5 Å². The van der Waals surface area contributed by atoms with Gasteiger partial charge in [-0.1, -0.05) is 13.0 Å². The van der Waals surface area contributed by atoms with Gasteiger partial charge in [0.2, 0.25) is 0 Å². The molecular formula is C15H22N2O. The number of rotatable bonds is 4. The molecule has 2 N–H and O–H groups in total. The number of nitrogens with zero attached hydrogens (tertiary/aromatic N) is 1. The minimum absolute atomic E-state index is 0.143. The molecule has 0 spiro atoms. The van der Waals surface area contributed by atoms with E-state index >= 15 is 0 Å². The minimum Gasteiger partial charge on any atom is -0.496 e. The number of nitrogens with two attached hydrogens (primary N) is 1. The lowest BCUT2D eigenvalue weighted by Crippen LogP contribution is -2.21. The Morgan fingerprint density at radius 1 is 1.33 bits per heavy atom. The lowest BCUT2D eigenvalue weighted by molar-refractivity contribution is 0.407. The molecule has 2 unspecified atom stereocenters. The fourth-order valence-electron chi connectivity index (χ4n) is 2.39. The van der Waals surface area contributed by atoms with E-state index in [9.17, 15) is 0 Å². The van der Waals surface area contributed by atoms with Crippen molar-refractivity contribution in [3.8, 4) is 11.8 Å². The normalized spacial score (nSPS) is 13.8. The predicted molar refractivity (Wildman–Crippen MR) is 73.5 cm³/mol. The molecule has 0 fully saturated rings. The van der Waals surface area contributed by atoms with Crippen molar-refractivity contribution in [2.45, 2.75) is 40.2 Å². The first-order valence-corrected chi connectivity index (χ1v) is 6.27. The van der Waals surface area contributed by atoms with Crippen LogP contribution in [0.3, 0.4) is 0 Å². The molecule has 0 radical (unpaired) electrons. The molecule has 18 heavy (non-hydrogen) atoms. The number of ether oxygens (including phenoxy) is 1. The first-order chi connectivity index (χ1) is 8.47. The molecule has 98 valence electrons. The first-order valence-electron chi connectivity index (χ1n) is 6.27. The van der Waals surface area contributed by atoms with E-state index in [-0.39, 0.29) is 12.0 Å². The highest BCUT2D eigenvalue weighted by Gasteiger charge is 2.21. The number of hydrogen-bond donors (Lipinski definition) is 1. The molecule has 1 aromatic rings. The fraction of sp³-hybridized carbons (Fsp3) is 0.533. The third kappa shape index (κ3) is 2.49. The van der Waals surface area contributed by atoms with E-state index in [1.807, 2.05) is 33.8 Å². The number of methoxy groups -OCH3 is 1. The maximum absolute atomic E-state index is 9.13. The van der Waals surface area contributed by atoms with Crippen LogP contribution in [-0.4, -0.2) is 7.11 Å². The van der Waals surface area contributed by atoms with E-state index in [1.54, 1.807) is 7.11 Å². The summed E-state index contributed by atoms with van der Waals surface area (Å²) in [5, 5.41) is 9.13. The van der Waals surface area contributed by atoms with Crippen molar-refractivity contribution in [1.82, 2.24) is 0 Å². The van der Waals surface area contributed by atoms with Crippen LogP contribution in [0.25, 0.3) is 0 Å². The van der Waals surface area contributed by atoms with E-state index < -0.39 is 0 Å². The van der Waals surface area contributed by atoms with Gasteiger partial charge in [0.05, 0.1) is 19.1 Å². The summed E-state index contributed by atoms with van der Waals surface area (Å²) in [5.41, 5.74) is 10.6. The Kier molecular flexibility index (Phi) is 4.75. The van der Waals surface area contributed by atoms with Crippen molar-refractivity contribution in [2.24, 2.45) is 11.7 Å². The molecule has 0 aliphatic carbocycles. The van der Waals surface area contributed by atoms with Crippen LogP contribution in [0.4, 0.5) is 0 Å². The molecule has 0 saturated carbocycles. The molecule has 0 saturated heterocycles. The minimum atomic E-state index is -0.233. The van der Waals surface area contributed by atoms with Gasteiger partial charge in [-0.3, -0.25) is 0 Å². The SMILES string of the molecule is CCC(C#N)C(N)c1cc(C)c(OC)c(C)c1C. The second-order valence-electron chi connectivity index (χ2n) is 4.74. The Labute approximate surface area is 110 Å². The zero-order chi connectivity index (χ0) is 13.9. The van der Waals surface area contributed by atoms with Crippen LogP contribution in [-0.2, 0) is 0 Å². The predicted octanol–water partition coefficient (Wildman–Crippen LogP) is 3.17. The molecule has 0 aliphatic rings. The quantitative estimate of drug-likeness (QED) is 0.887. The van der Waals surface area contributed by atoms with Crippen LogP contribution in [0, 0.1) is 38.0 Å². The van der Waals surface area contributed by atoms with Crippen molar-refractivity contribution >= 4 is 0 Å². The van der Waals surface area contributed by atoms with Crippen LogP contribution in [0.15, 0.2) is 6.07 Å². The Morgan fingerprint density at radius 2 is 1.94 bits per heavy atom. The van der Waals surface area contributed by atoms with Crippen LogP contribution in [0.2, 0.25) is 0 Å². The van der Waals surface area contributed by atoms with Gasteiger partial charge in [-0.05, 0) is 49.4 Å². The van der Waals surface area contributed by atoms with Crippen molar-refractivity contribution in [3.05, 3.63) is 28.3 Å². The second kappa shape index (κ2) is 5.88.